The molecule has 1 amide bonds. The molecule has 104 valence electrons. The second kappa shape index (κ2) is 7.07. The molecule has 0 saturated carbocycles. The predicted molar refractivity (Wildman–Crippen MR) is 70.5 cm³/mol. The Labute approximate surface area is 109 Å². The number of carbonyl (C=O) groups is 1. The fourth-order valence-corrected chi connectivity index (χ4v) is 2.73. The minimum Gasteiger partial charge on any atom is -0.380 e. The average Bonchev–Trinajstić information content (AvgIpc) is 2.89. The third-order valence-corrected chi connectivity index (χ3v) is 3.92. The van der Waals surface area contributed by atoms with Gasteiger partial charge in [-0.2, -0.15) is 0 Å². The van der Waals surface area contributed by atoms with E-state index in [1.165, 1.54) is 32.4 Å². The van der Waals surface area contributed by atoms with Crippen LogP contribution in [0, 0.1) is 0 Å². The van der Waals surface area contributed by atoms with Gasteiger partial charge < -0.3 is 20.3 Å². The lowest BCUT2D eigenvalue weighted by Gasteiger charge is -2.26. The summed E-state index contributed by atoms with van der Waals surface area (Å²) in [6.45, 7) is 4.88. The van der Waals surface area contributed by atoms with Gasteiger partial charge in [-0.1, -0.05) is 6.42 Å². The van der Waals surface area contributed by atoms with Crippen LogP contribution >= 0.6 is 0 Å². The summed E-state index contributed by atoms with van der Waals surface area (Å²) < 4.78 is 5.24. The molecule has 0 aromatic rings. The molecule has 2 aliphatic rings. The van der Waals surface area contributed by atoms with Crippen molar-refractivity contribution in [1.82, 2.24) is 15.5 Å². The van der Waals surface area contributed by atoms with E-state index >= 15 is 0 Å². The van der Waals surface area contributed by atoms with Crippen LogP contribution in [0.2, 0.25) is 0 Å². The van der Waals surface area contributed by atoms with Gasteiger partial charge in [-0.25, -0.2) is 0 Å². The van der Waals surface area contributed by atoms with E-state index in [2.05, 4.69) is 15.5 Å². The van der Waals surface area contributed by atoms with Crippen LogP contribution in [0.5, 0.6) is 0 Å². The molecule has 5 nitrogen and oxygen atoms in total. The normalized spacial score (nSPS) is 29.4. The highest BCUT2D eigenvalue weighted by Gasteiger charge is 2.28. The molecule has 2 saturated heterocycles. The fourth-order valence-electron chi connectivity index (χ4n) is 2.73. The second-order valence-corrected chi connectivity index (χ2v) is 5.25. The van der Waals surface area contributed by atoms with Crippen LogP contribution < -0.4 is 10.6 Å². The lowest BCUT2D eigenvalue weighted by atomic mass is 10.1. The molecule has 5 heteroatoms. The first-order valence-electron chi connectivity index (χ1n) is 7.06. The number of carbonyl (C=O) groups excluding carboxylic acids is 1. The van der Waals surface area contributed by atoms with E-state index in [4.69, 9.17) is 4.74 Å². The average molecular weight is 255 g/mol. The molecule has 2 N–H and O–H groups in total. The first kappa shape index (κ1) is 13.8. The Morgan fingerprint density at radius 2 is 2.17 bits per heavy atom. The van der Waals surface area contributed by atoms with E-state index in [0.29, 0.717) is 0 Å². The van der Waals surface area contributed by atoms with Crippen molar-refractivity contribution in [3.05, 3.63) is 0 Å². The Hall–Kier alpha value is -0.650. The van der Waals surface area contributed by atoms with Crippen molar-refractivity contribution in [2.75, 3.05) is 39.8 Å². The second-order valence-electron chi connectivity index (χ2n) is 5.25. The number of likely N-dealkylation sites (tertiary alicyclic amines) is 1. The molecule has 2 rings (SSSR count). The Balaban J connectivity index is 1.60. The lowest BCUT2D eigenvalue weighted by molar-refractivity contribution is -0.123. The Kier molecular flexibility index (Phi) is 5.41. The van der Waals surface area contributed by atoms with Crippen molar-refractivity contribution in [2.45, 2.75) is 37.8 Å². The number of piperidine rings is 1. The summed E-state index contributed by atoms with van der Waals surface area (Å²) in [7, 11) is 1.70. The topological polar surface area (TPSA) is 53.6 Å². The molecule has 2 fully saturated rings. The molecule has 2 atom stereocenters. The maximum absolute atomic E-state index is 11.9. The number of hydrogen-bond acceptors (Lipinski definition) is 4. The highest BCUT2D eigenvalue weighted by molar-refractivity contribution is 5.82. The number of methoxy groups -OCH3 is 1. The van der Waals surface area contributed by atoms with E-state index in [-0.39, 0.29) is 18.1 Å². The number of rotatable bonds is 5. The van der Waals surface area contributed by atoms with Crippen LogP contribution in [0.15, 0.2) is 0 Å². The zero-order chi connectivity index (χ0) is 12.8. The van der Waals surface area contributed by atoms with Crippen molar-refractivity contribution in [2.24, 2.45) is 0 Å². The number of nitrogens with one attached hydrogen (secondary N) is 2. The molecule has 0 aromatic carbocycles. The molecule has 0 bridgehead atoms. The summed E-state index contributed by atoms with van der Waals surface area (Å²) in [6.07, 6.45) is 4.92. The van der Waals surface area contributed by atoms with Gasteiger partial charge in [0.05, 0.1) is 12.1 Å². The third-order valence-electron chi connectivity index (χ3n) is 3.92. The standard InChI is InChI=1S/C13H25N3O2/c1-18-11-9-12(15-10-11)13(17)14-5-8-16-6-3-2-4-7-16/h11-12,15H,2-10H2,1H3,(H,14,17). The first-order valence-corrected chi connectivity index (χ1v) is 7.06. The molecule has 18 heavy (non-hydrogen) atoms. The van der Waals surface area contributed by atoms with Gasteiger partial charge in [0.25, 0.3) is 0 Å². The van der Waals surface area contributed by atoms with E-state index in [1.807, 2.05) is 0 Å². The molecule has 0 aliphatic carbocycles. The summed E-state index contributed by atoms with van der Waals surface area (Å²) in [6, 6.07) is -0.0729. The Bertz CT molecular complexity index is 267. The predicted octanol–water partition coefficient (Wildman–Crippen LogP) is -0.0346. The summed E-state index contributed by atoms with van der Waals surface area (Å²) in [5.41, 5.74) is 0. The molecule has 0 radical (unpaired) electrons. The van der Waals surface area contributed by atoms with E-state index in [9.17, 15) is 4.79 Å². The highest BCUT2D eigenvalue weighted by atomic mass is 16.5. The zero-order valence-corrected chi connectivity index (χ0v) is 11.3. The minimum atomic E-state index is -0.0729. The summed E-state index contributed by atoms with van der Waals surface area (Å²) in [5, 5.41) is 6.21. The summed E-state index contributed by atoms with van der Waals surface area (Å²) in [5.74, 6) is 0.117. The smallest absolute Gasteiger partial charge is 0.237 e. The SMILES string of the molecule is COC1CNC(C(=O)NCCN2CCCCC2)C1. The monoisotopic (exact) mass is 255 g/mol. The van der Waals surface area contributed by atoms with Crippen molar-refractivity contribution < 1.29 is 9.53 Å². The molecular formula is C13H25N3O2. The van der Waals surface area contributed by atoms with Gasteiger partial charge in [0, 0.05) is 26.7 Å². The van der Waals surface area contributed by atoms with Crippen LogP contribution in [0.25, 0.3) is 0 Å². The quantitative estimate of drug-likeness (QED) is 0.724. The van der Waals surface area contributed by atoms with Gasteiger partial charge in [-0.05, 0) is 32.4 Å². The van der Waals surface area contributed by atoms with Crippen LogP contribution in [0.1, 0.15) is 25.7 Å². The highest BCUT2D eigenvalue weighted by Crippen LogP contribution is 2.10. The maximum atomic E-state index is 11.9. The van der Waals surface area contributed by atoms with Gasteiger partial charge >= 0.3 is 0 Å². The van der Waals surface area contributed by atoms with E-state index in [0.717, 1.165) is 26.1 Å². The third kappa shape index (κ3) is 3.93. The maximum Gasteiger partial charge on any atom is 0.237 e. The minimum absolute atomic E-state index is 0.0729. The molecule has 2 heterocycles. The van der Waals surface area contributed by atoms with Gasteiger partial charge in [-0.3, -0.25) is 4.79 Å². The Morgan fingerprint density at radius 1 is 1.39 bits per heavy atom. The van der Waals surface area contributed by atoms with Crippen LogP contribution in [0.3, 0.4) is 0 Å². The number of amides is 1. The summed E-state index contributed by atoms with van der Waals surface area (Å²) in [4.78, 5) is 14.3. The number of ether oxygens (including phenoxy) is 1. The zero-order valence-electron chi connectivity index (χ0n) is 11.3. The van der Waals surface area contributed by atoms with Crippen molar-refractivity contribution in [3.8, 4) is 0 Å². The van der Waals surface area contributed by atoms with E-state index < -0.39 is 0 Å². The molecule has 2 unspecified atom stereocenters. The molecule has 2 aliphatic heterocycles. The van der Waals surface area contributed by atoms with Gasteiger partial charge in [0.1, 0.15) is 0 Å². The number of nitrogens with zero attached hydrogens (tertiary/aromatic N) is 1. The van der Waals surface area contributed by atoms with E-state index in [1.54, 1.807) is 7.11 Å². The van der Waals surface area contributed by atoms with Crippen molar-refractivity contribution in [3.63, 3.8) is 0 Å². The van der Waals surface area contributed by atoms with Crippen molar-refractivity contribution >= 4 is 5.91 Å². The lowest BCUT2D eigenvalue weighted by Crippen LogP contribution is -2.44. The largest absolute Gasteiger partial charge is 0.380 e. The molecular weight excluding hydrogens is 230 g/mol. The van der Waals surface area contributed by atoms with Gasteiger partial charge in [-0.15, -0.1) is 0 Å². The first-order chi connectivity index (χ1) is 8.79. The number of hydrogen-bond donors (Lipinski definition) is 2. The van der Waals surface area contributed by atoms with Crippen LogP contribution in [-0.2, 0) is 9.53 Å². The van der Waals surface area contributed by atoms with Gasteiger partial charge in [0.15, 0.2) is 0 Å². The van der Waals surface area contributed by atoms with Crippen molar-refractivity contribution in [1.29, 1.82) is 0 Å². The van der Waals surface area contributed by atoms with Crippen LogP contribution in [0.4, 0.5) is 0 Å². The fraction of sp³-hybridized carbons (Fsp3) is 0.923. The molecule has 0 spiro atoms. The summed E-state index contributed by atoms with van der Waals surface area (Å²) >= 11 is 0. The van der Waals surface area contributed by atoms with Crippen LogP contribution in [-0.4, -0.2) is 62.8 Å². The van der Waals surface area contributed by atoms with Gasteiger partial charge in [0.2, 0.25) is 5.91 Å². The molecule has 0 aromatic heterocycles. The Morgan fingerprint density at radius 3 is 2.83 bits per heavy atom.